The van der Waals surface area contributed by atoms with Crippen molar-refractivity contribution in [2.45, 2.75) is 0 Å². The molecule has 25 heavy (non-hydrogen) atoms. The van der Waals surface area contributed by atoms with Gasteiger partial charge in [-0.25, -0.2) is 4.98 Å². The van der Waals surface area contributed by atoms with Crippen LogP contribution in [0.2, 0.25) is 0 Å². The molecule has 0 saturated carbocycles. The van der Waals surface area contributed by atoms with E-state index in [0.717, 1.165) is 11.4 Å². The number of hydrogen-bond donors (Lipinski definition) is 1. The van der Waals surface area contributed by atoms with Gasteiger partial charge in [-0.15, -0.1) is 0 Å². The highest BCUT2D eigenvalue weighted by Gasteiger charge is 2.29. The average Bonchev–Trinajstić information content (AvgIpc) is 3.35. The Morgan fingerprint density at radius 1 is 0.800 bits per heavy atom. The Hall–Kier alpha value is -2.88. The number of benzene rings is 2. The van der Waals surface area contributed by atoms with Crippen molar-refractivity contribution in [2.75, 3.05) is 0 Å². The molecule has 0 saturated heterocycles. The second-order valence-electron chi connectivity index (χ2n) is 5.62. The van der Waals surface area contributed by atoms with Crippen molar-refractivity contribution in [1.29, 1.82) is 0 Å². The normalized spacial score (nSPS) is 13.5. The van der Waals surface area contributed by atoms with Crippen LogP contribution in [0.1, 0.15) is 0 Å². The zero-order valence-electron chi connectivity index (χ0n) is 13.3. The van der Waals surface area contributed by atoms with Crippen LogP contribution in [0.5, 0.6) is 0 Å². The predicted molar refractivity (Wildman–Crippen MR) is 98.4 cm³/mol. The number of rotatable bonds is 4. The first kappa shape index (κ1) is 15.6. The summed E-state index contributed by atoms with van der Waals surface area (Å²) >= 11 is 0. The zero-order valence-corrected chi connectivity index (χ0v) is 14.2. The third-order valence-corrected chi connectivity index (χ3v) is 5.90. The molecular weight excluding hydrogens is 333 g/mol. The van der Waals surface area contributed by atoms with E-state index in [1.54, 1.807) is 41.2 Å². The minimum absolute atomic E-state index is 0.146. The van der Waals surface area contributed by atoms with Crippen LogP contribution in [0.15, 0.2) is 91.5 Å². The van der Waals surface area contributed by atoms with Gasteiger partial charge in [0.15, 0.2) is 0 Å². The van der Waals surface area contributed by atoms with Crippen LogP contribution >= 0.6 is 7.37 Å². The fourth-order valence-electron chi connectivity index (χ4n) is 2.76. The number of imidazole rings is 1. The molecule has 1 atom stereocenters. The molecule has 0 bridgehead atoms. The van der Waals surface area contributed by atoms with E-state index in [0.29, 0.717) is 5.30 Å². The van der Waals surface area contributed by atoms with Crippen LogP contribution in [0.4, 0.5) is 0 Å². The van der Waals surface area contributed by atoms with Crippen molar-refractivity contribution in [3.05, 3.63) is 91.5 Å². The SMILES string of the molecule is O=P(O)(c1ccccc1)c1nccn1-c1ccc(-n2cccc2)cc1. The summed E-state index contributed by atoms with van der Waals surface area (Å²) in [4.78, 5) is 14.8. The molecule has 4 rings (SSSR count). The fourth-order valence-corrected chi connectivity index (χ4v) is 4.26. The molecule has 2 aromatic heterocycles. The van der Waals surface area contributed by atoms with Gasteiger partial charge in [0.1, 0.15) is 0 Å². The number of aromatic nitrogens is 3. The van der Waals surface area contributed by atoms with E-state index in [1.807, 2.05) is 59.4 Å². The molecule has 5 nitrogen and oxygen atoms in total. The summed E-state index contributed by atoms with van der Waals surface area (Å²) in [5, 5.41) is 0.367. The molecule has 0 amide bonds. The Balaban J connectivity index is 1.74. The Kier molecular flexibility index (Phi) is 3.88. The Morgan fingerprint density at radius 3 is 2.12 bits per heavy atom. The van der Waals surface area contributed by atoms with Gasteiger partial charge in [-0.05, 0) is 48.5 Å². The van der Waals surface area contributed by atoms with Crippen LogP contribution in [-0.2, 0) is 4.57 Å². The lowest BCUT2D eigenvalue weighted by atomic mass is 10.3. The summed E-state index contributed by atoms with van der Waals surface area (Å²) in [6.45, 7) is 0. The lowest BCUT2D eigenvalue weighted by molar-refractivity contribution is 0.498. The first-order valence-electron chi connectivity index (χ1n) is 7.82. The minimum atomic E-state index is -3.77. The van der Waals surface area contributed by atoms with E-state index in [4.69, 9.17) is 0 Å². The Morgan fingerprint density at radius 2 is 1.44 bits per heavy atom. The quantitative estimate of drug-likeness (QED) is 0.577. The summed E-state index contributed by atoms with van der Waals surface area (Å²) in [6, 6.07) is 20.3. The third kappa shape index (κ3) is 2.84. The van der Waals surface area contributed by atoms with E-state index in [-0.39, 0.29) is 5.57 Å². The highest BCUT2D eigenvalue weighted by atomic mass is 31.2. The van der Waals surface area contributed by atoms with Crippen molar-refractivity contribution in [3.63, 3.8) is 0 Å². The van der Waals surface area contributed by atoms with Crippen molar-refractivity contribution < 1.29 is 9.46 Å². The number of hydrogen-bond acceptors (Lipinski definition) is 2. The molecule has 1 unspecified atom stereocenters. The summed E-state index contributed by atoms with van der Waals surface area (Å²) in [5.74, 6) is 0. The molecule has 0 spiro atoms. The maximum atomic E-state index is 13.0. The molecule has 2 aromatic carbocycles. The first-order valence-corrected chi connectivity index (χ1v) is 9.48. The topological polar surface area (TPSA) is 60.0 Å². The van der Waals surface area contributed by atoms with Crippen LogP contribution < -0.4 is 10.9 Å². The van der Waals surface area contributed by atoms with Crippen LogP contribution in [0, 0.1) is 0 Å². The van der Waals surface area contributed by atoms with E-state index in [1.165, 1.54) is 0 Å². The van der Waals surface area contributed by atoms with Gasteiger partial charge in [0.05, 0.1) is 0 Å². The second kappa shape index (κ2) is 6.20. The molecule has 0 aliphatic rings. The van der Waals surface area contributed by atoms with E-state index in [2.05, 4.69) is 4.98 Å². The highest BCUT2D eigenvalue weighted by Crippen LogP contribution is 2.37. The summed E-state index contributed by atoms with van der Waals surface area (Å²) < 4.78 is 16.7. The summed E-state index contributed by atoms with van der Waals surface area (Å²) in [5.41, 5.74) is 1.95. The molecule has 0 aliphatic heterocycles. The molecule has 0 aliphatic carbocycles. The molecule has 2 heterocycles. The standard InChI is InChI=1S/C19H16N3O2P/c23-25(24,18-6-2-1-3-7-18)19-20-12-15-22(19)17-10-8-16(9-11-17)21-13-4-5-14-21/h1-15H,(H,23,24). The molecular formula is C19H16N3O2P. The van der Waals surface area contributed by atoms with Gasteiger partial charge in [0, 0.05) is 41.5 Å². The summed E-state index contributed by atoms with van der Waals surface area (Å²) in [6.07, 6.45) is 7.18. The van der Waals surface area contributed by atoms with Crippen molar-refractivity contribution >= 4 is 18.2 Å². The Bertz CT molecular complexity index is 1020. The van der Waals surface area contributed by atoms with Crippen LogP contribution in [-0.4, -0.2) is 19.0 Å². The van der Waals surface area contributed by atoms with Gasteiger partial charge in [-0.3, -0.25) is 9.13 Å². The number of nitrogens with zero attached hydrogens (tertiary/aromatic N) is 3. The van der Waals surface area contributed by atoms with E-state index in [9.17, 15) is 9.46 Å². The zero-order chi connectivity index (χ0) is 17.3. The molecule has 1 N–H and O–H groups in total. The third-order valence-electron chi connectivity index (χ3n) is 4.03. The van der Waals surface area contributed by atoms with E-state index >= 15 is 0 Å². The van der Waals surface area contributed by atoms with Gasteiger partial charge < -0.3 is 9.46 Å². The smallest absolute Gasteiger partial charge is 0.293 e. The first-order chi connectivity index (χ1) is 12.2. The second-order valence-corrected chi connectivity index (χ2v) is 7.68. The van der Waals surface area contributed by atoms with Crippen LogP contribution in [0.3, 0.4) is 0 Å². The average molecular weight is 349 g/mol. The van der Waals surface area contributed by atoms with Crippen LogP contribution in [0.25, 0.3) is 11.4 Å². The molecule has 4 aromatic rings. The van der Waals surface area contributed by atoms with Gasteiger partial charge in [-0.2, -0.15) is 0 Å². The van der Waals surface area contributed by atoms with Gasteiger partial charge in [0.2, 0.25) is 5.57 Å². The lowest BCUT2D eigenvalue weighted by Crippen LogP contribution is -2.24. The minimum Gasteiger partial charge on any atom is -0.336 e. The van der Waals surface area contributed by atoms with Crippen molar-refractivity contribution in [1.82, 2.24) is 14.1 Å². The Labute approximate surface area is 145 Å². The largest absolute Gasteiger partial charge is 0.336 e. The maximum absolute atomic E-state index is 13.0. The lowest BCUT2D eigenvalue weighted by Gasteiger charge is -2.14. The molecule has 0 radical (unpaired) electrons. The molecule has 124 valence electrons. The predicted octanol–water partition coefficient (Wildman–Crippen LogP) is 2.88. The van der Waals surface area contributed by atoms with Crippen molar-refractivity contribution in [3.8, 4) is 11.4 Å². The van der Waals surface area contributed by atoms with Crippen molar-refractivity contribution in [2.24, 2.45) is 0 Å². The van der Waals surface area contributed by atoms with E-state index < -0.39 is 7.37 Å². The fraction of sp³-hybridized carbons (Fsp3) is 0. The molecule has 0 fully saturated rings. The summed E-state index contributed by atoms with van der Waals surface area (Å²) in [7, 11) is -3.77. The van der Waals surface area contributed by atoms with Gasteiger partial charge in [0.25, 0.3) is 7.37 Å². The van der Waals surface area contributed by atoms with Gasteiger partial charge >= 0.3 is 0 Å². The molecule has 6 heteroatoms. The van der Waals surface area contributed by atoms with Gasteiger partial charge in [-0.1, -0.05) is 18.2 Å². The monoisotopic (exact) mass is 349 g/mol. The highest BCUT2D eigenvalue weighted by molar-refractivity contribution is 7.73. The maximum Gasteiger partial charge on any atom is 0.293 e.